The molecule has 2 nitrogen and oxygen atoms in total. The highest BCUT2D eigenvalue weighted by atomic mass is 127. The number of nitrogens with one attached hydrogen (secondary N) is 1. The number of benzene rings is 2. The van der Waals surface area contributed by atoms with Crippen LogP contribution >= 0.6 is 50.1 Å². The largest absolute Gasteiger partial charge is 0.348 e. The summed E-state index contributed by atoms with van der Waals surface area (Å²) in [5, 5.41) is 2.82. The molecule has 2 aromatic carbocycles. The molecule has 0 radical (unpaired) electrons. The van der Waals surface area contributed by atoms with E-state index in [1.54, 1.807) is 12.1 Å². The molecular formula is C14H9BrClFINO. The lowest BCUT2D eigenvalue weighted by Crippen LogP contribution is -2.23. The van der Waals surface area contributed by atoms with Gasteiger partial charge in [0.05, 0.1) is 10.6 Å². The third kappa shape index (κ3) is 3.93. The Hall–Kier alpha value is -0.660. The Morgan fingerprint density at radius 3 is 2.75 bits per heavy atom. The molecule has 20 heavy (non-hydrogen) atoms. The van der Waals surface area contributed by atoms with Crippen molar-refractivity contribution in [2.75, 3.05) is 0 Å². The quantitative estimate of drug-likeness (QED) is 0.646. The first kappa shape index (κ1) is 15.7. The van der Waals surface area contributed by atoms with Gasteiger partial charge >= 0.3 is 0 Å². The minimum absolute atomic E-state index is 0.0483. The van der Waals surface area contributed by atoms with E-state index in [-0.39, 0.29) is 17.5 Å². The maximum absolute atomic E-state index is 13.0. The van der Waals surface area contributed by atoms with Crippen LogP contribution in [0, 0.1) is 9.39 Å². The molecule has 0 spiro atoms. The Morgan fingerprint density at radius 1 is 1.30 bits per heavy atom. The standard InChI is InChI=1S/C14H9BrClFINO/c15-11-3-2-9(18)6-10(11)14(20)19-7-8-1-4-13(17)12(16)5-8/h1-6H,7H2,(H,19,20). The fourth-order valence-corrected chi connectivity index (χ4v) is 2.72. The van der Waals surface area contributed by atoms with Crippen molar-refractivity contribution in [3.8, 4) is 0 Å². The highest BCUT2D eigenvalue weighted by Gasteiger charge is 2.10. The van der Waals surface area contributed by atoms with Crippen molar-refractivity contribution in [3.63, 3.8) is 0 Å². The number of hydrogen-bond donors (Lipinski definition) is 1. The van der Waals surface area contributed by atoms with Crippen LogP contribution in [-0.2, 0) is 6.54 Å². The summed E-state index contributed by atoms with van der Waals surface area (Å²) in [4.78, 5) is 12.1. The molecule has 0 heterocycles. The van der Waals surface area contributed by atoms with Gasteiger partial charge in [-0.05, 0) is 74.4 Å². The van der Waals surface area contributed by atoms with E-state index in [2.05, 4.69) is 43.8 Å². The van der Waals surface area contributed by atoms with Crippen molar-refractivity contribution >= 4 is 56.0 Å². The van der Waals surface area contributed by atoms with Crippen LogP contribution in [0.4, 0.5) is 4.39 Å². The van der Waals surface area contributed by atoms with E-state index in [1.165, 1.54) is 12.1 Å². The van der Waals surface area contributed by atoms with Gasteiger partial charge in [-0.2, -0.15) is 0 Å². The molecule has 0 saturated carbocycles. The summed E-state index contributed by atoms with van der Waals surface area (Å²) in [6, 6.07) is 9.89. The van der Waals surface area contributed by atoms with E-state index < -0.39 is 5.82 Å². The number of amides is 1. The van der Waals surface area contributed by atoms with E-state index in [9.17, 15) is 9.18 Å². The smallest absolute Gasteiger partial charge is 0.252 e. The fourth-order valence-electron chi connectivity index (χ4n) is 1.60. The summed E-state index contributed by atoms with van der Waals surface area (Å²) in [6.45, 7) is 0.288. The summed E-state index contributed by atoms with van der Waals surface area (Å²) in [6.07, 6.45) is 0. The maximum atomic E-state index is 13.0. The normalized spacial score (nSPS) is 10.4. The molecule has 0 aliphatic carbocycles. The third-order valence-corrected chi connectivity index (χ3v) is 4.26. The van der Waals surface area contributed by atoms with Gasteiger partial charge < -0.3 is 5.32 Å². The minimum Gasteiger partial charge on any atom is -0.348 e. The third-order valence-electron chi connectivity index (χ3n) is 2.61. The molecule has 0 fully saturated rings. The Labute approximate surface area is 143 Å². The van der Waals surface area contributed by atoms with Gasteiger partial charge in [0, 0.05) is 14.6 Å². The summed E-state index contributed by atoms with van der Waals surface area (Å²) < 4.78 is 14.7. The number of carbonyl (C=O) groups excluding carboxylic acids is 1. The molecule has 0 atom stereocenters. The summed E-state index contributed by atoms with van der Waals surface area (Å²) >= 11 is 11.2. The monoisotopic (exact) mass is 467 g/mol. The molecule has 0 unspecified atom stereocenters. The fraction of sp³-hybridized carbons (Fsp3) is 0.0714. The predicted molar refractivity (Wildman–Crippen MR) is 89.4 cm³/mol. The summed E-state index contributed by atoms with van der Waals surface area (Å²) in [7, 11) is 0. The predicted octanol–water partition coefficient (Wildman–Crippen LogP) is 4.78. The van der Waals surface area contributed by atoms with Crippen LogP contribution in [0.15, 0.2) is 40.9 Å². The molecule has 2 aromatic rings. The van der Waals surface area contributed by atoms with Crippen molar-refractivity contribution in [1.29, 1.82) is 0 Å². The zero-order valence-corrected chi connectivity index (χ0v) is 14.6. The lowest BCUT2D eigenvalue weighted by molar-refractivity contribution is 0.0950. The maximum Gasteiger partial charge on any atom is 0.252 e. The lowest BCUT2D eigenvalue weighted by Gasteiger charge is -2.08. The highest BCUT2D eigenvalue weighted by Crippen LogP contribution is 2.20. The zero-order valence-electron chi connectivity index (χ0n) is 10.1. The molecule has 0 aromatic heterocycles. The van der Waals surface area contributed by atoms with Crippen LogP contribution in [0.2, 0.25) is 5.02 Å². The minimum atomic E-state index is -0.470. The SMILES string of the molecule is O=C(NCc1ccc(F)c(Cl)c1)c1cc(I)ccc1Br. The Kier molecular flexibility index (Phi) is 5.40. The summed E-state index contributed by atoms with van der Waals surface area (Å²) in [5.74, 6) is -0.669. The molecular weight excluding hydrogens is 459 g/mol. The number of rotatable bonds is 3. The number of halogens is 4. The van der Waals surface area contributed by atoms with Crippen molar-refractivity contribution in [1.82, 2.24) is 5.32 Å². The average Bonchev–Trinajstić information content (AvgIpc) is 2.42. The number of hydrogen-bond acceptors (Lipinski definition) is 1. The van der Waals surface area contributed by atoms with Crippen LogP contribution in [-0.4, -0.2) is 5.91 Å². The first-order chi connectivity index (χ1) is 9.47. The lowest BCUT2D eigenvalue weighted by atomic mass is 10.2. The van der Waals surface area contributed by atoms with E-state index in [4.69, 9.17) is 11.6 Å². The Balaban J connectivity index is 2.08. The average molecular weight is 468 g/mol. The first-order valence-corrected chi connectivity index (χ1v) is 7.89. The molecule has 2 rings (SSSR count). The molecule has 104 valence electrons. The van der Waals surface area contributed by atoms with Gasteiger partial charge in [-0.3, -0.25) is 4.79 Å². The van der Waals surface area contributed by atoms with Gasteiger partial charge in [-0.15, -0.1) is 0 Å². The van der Waals surface area contributed by atoms with Crippen molar-refractivity contribution in [3.05, 3.63) is 66.4 Å². The second-order valence-electron chi connectivity index (χ2n) is 4.06. The second-order valence-corrected chi connectivity index (χ2v) is 6.56. The molecule has 0 bridgehead atoms. The van der Waals surface area contributed by atoms with E-state index in [1.807, 2.05) is 12.1 Å². The second kappa shape index (κ2) is 6.87. The van der Waals surface area contributed by atoms with Crippen LogP contribution in [0.25, 0.3) is 0 Å². The Bertz CT molecular complexity index is 666. The van der Waals surface area contributed by atoms with Gasteiger partial charge in [-0.1, -0.05) is 17.7 Å². The molecule has 0 saturated heterocycles. The van der Waals surface area contributed by atoms with Crippen LogP contribution in [0.3, 0.4) is 0 Å². The van der Waals surface area contributed by atoms with Crippen LogP contribution in [0.5, 0.6) is 0 Å². The molecule has 0 aliphatic rings. The molecule has 1 amide bonds. The number of carbonyl (C=O) groups is 1. The van der Waals surface area contributed by atoms with Crippen molar-refractivity contribution in [2.24, 2.45) is 0 Å². The van der Waals surface area contributed by atoms with Gasteiger partial charge in [0.25, 0.3) is 5.91 Å². The van der Waals surface area contributed by atoms with Gasteiger partial charge in [0.2, 0.25) is 0 Å². The van der Waals surface area contributed by atoms with Gasteiger partial charge in [0.15, 0.2) is 0 Å². The van der Waals surface area contributed by atoms with E-state index in [0.717, 1.165) is 13.6 Å². The van der Waals surface area contributed by atoms with E-state index >= 15 is 0 Å². The van der Waals surface area contributed by atoms with E-state index in [0.29, 0.717) is 5.56 Å². The van der Waals surface area contributed by atoms with Crippen LogP contribution < -0.4 is 5.32 Å². The van der Waals surface area contributed by atoms with Gasteiger partial charge in [-0.25, -0.2) is 4.39 Å². The Morgan fingerprint density at radius 2 is 2.05 bits per heavy atom. The van der Waals surface area contributed by atoms with Gasteiger partial charge in [0.1, 0.15) is 5.82 Å². The molecule has 0 aliphatic heterocycles. The van der Waals surface area contributed by atoms with Crippen molar-refractivity contribution in [2.45, 2.75) is 6.54 Å². The molecule has 1 N–H and O–H groups in total. The summed E-state index contributed by atoms with van der Waals surface area (Å²) in [5.41, 5.74) is 1.30. The molecule has 6 heteroatoms. The topological polar surface area (TPSA) is 29.1 Å². The zero-order chi connectivity index (χ0) is 14.7. The van der Waals surface area contributed by atoms with Crippen molar-refractivity contribution < 1.29 is 9.18 Å². The first-order valence-electron chi connectivity index (χ1n) is 5.64. The van der Waals surface area contributed by atoms with Crippen LogP contribution in [0.1, 0.15) is 15.9 Å². The highest BCUT2D eigenvalue weighted by molar-refractivity contribution is 14.1.